The summed E-state index contributed by atoms with van der Waals surface area (Å²) in [6.07, 6.45) is 2.38. The van der Waals surface area contributed by atoms with E-state index >= 15 is 0 Å². The molecule has 0 radical (unpaired) electrons. The molecule has 0 amide bonds. The lowest BCUT2D eigenvalue weighted by molar-refractivity contribution is 0.819. The van der Waals surface area contributed by atoms with Crippen molar-refractivity contribution >= 4 is 10.8 Å². The lowest BCUT2D eigenvalue weighted by atomic mass is 9.92. The molecule has 1 nitrogen and oxygen atoms in total. The van der Waals surface area contributed by atoms with Crippen molar-refractivity contribution in [3.05, 3.63) is 71.3 Å². The maximum atomic E-state index is 3.28. The van der Waals surface area contributed by atoms with Crippen molar-refractivity contribution < 1.29 is 0 Å². The predicted octanol–water partition coefficient (Wildman–Crippen LogP) is 4.32. The second kappa shape index (κ2) is 5.01. The van der Waals surface area contributed by atoms with Crippen molar-refractivity contribution in [3.8, 4) is 11.1 Å². The Morgan fingerprint density at radius 2 is 1.62 bits per heavy atom. The van der Waals surface area contributed by atoms with E-state index in [0.717, 1.165) is 6.54 Å². The minimum Gasteiger partial charge on any atom is -0.316 e. The topological polar surface area (TPSA) is 12.0 Å². The van der Waals surface area contributed by atoms with Crippen LogP contribution in [0.2, 0.25) is 0 Å². The van der Waals surface area contributed by atoms with Crippen molar-refractivity contribution in [2.75, 3.05) is 7.05 Å². The van der Waals surface area contributed by atoms with Crippen molar-refractivity contribution in [1.82, 2.24) is 5.32 Å². The van der Waals surface area contributed by atoms with Gasteiger partial charge in [-0.3, -0.25) is 0 Å². The highest BCUT2D eigenvalue weighted by Crippen LogP contribution is 2.37. The first-order chi connectivity index (χ1) is 10.4. The fourth-order valence-corrected chi connectivity index (χ4v) is 3.61. The number of nitrogens with one attached hydrogen (secondary N) is 1. The summed E-state index contributed by atoms with van der Waals surface area (Å²) < 4.78 is 0. The average Bonchev–Trinajstić information content (AvgIpc) is 2.94. The molecule has 0 bridgehead atoms. The molecule has 1 N–H and O–H groups in total. The molecular formula is C20H19N. The summed E-state index contributed by atoms with van der Waals surface area (Å²) in [6, 6.07) is 20.1. The second-order valence-electron chi connectivity index (χ2n) is 5.80. The molecule has 0 aliphatic heterocycles. The van der Waals surface area contributed by atoms with Gasteiger partial charge in [0, 0.05) is 6.54 Å². The summed E-state index contributed by atoms with van der Waals surface area (Å²) in [5.74, 6) is 0. The van der Waals surface area contributed by atoms with E-state index in [-0.39, 0.29) is 0 Å². The van der Waals surface area contributed by atoms with E-state index in [1.165, 1.54) is 51.4 Å². The second-order valence-corrected chi connectivity index (χ2v) is 5.80. The van der Waals surface area contributed by atoms with E-state index in [2.05, 4.69) is 59.9 Å². The number of rotatable bonds is 3. The Labute approximate surface area is 125 Å². The third-order valence-corrected chi connectivity index (χ3v) is 4.55. The molecule has 0 atom stereocenters. The van der Waals surface area contributed by atoms with Crippen molar-refractivity contribution in [2.24, 2.45) is 0 Å². The molecular weight excluding hydrogens is 254 g/mol. The molecule has 3 aromatic rings. The molecule has 4 rings (SSSR count). The highest BCUT2D eigenvalue weighted by molar-refractivity contribution is 6.01. The first-order valence-electron chi connectivity index (χ1n) is 7.65. The fraction of sp³-hybridized carbons (Fsp3) is 0.200. The van der Waals surface area contributed by atoms with E-state index in [1.807, 2.05) is 7.05 Å². The van der Waals surface area contributed by atoms with Gasteiger partial charge in [-0.15, -0.1) is 0 Å². The highest BCUT2D eigenvalue weighted by Gasteiger charge is 2.17. The largest absolute Gasteiger partial charge is 0.316 e. The van der Waals surface area contributed by atoms with Gasteiger partial charge in [-0.1, -0.05) is 54.6 Å². The Hall–Kier alpha value is -2.12. The Balaban J connectivity index is 2.01. The van der Waals surface area contributed by atoms with Crippen molar-refractivity contribution in [2.45, 2.75) is 19.4 Å². The third kappa shape index (κ3) is 1.97. The maximum absolute atomic E-state index is 3.28. The van der Waals surface area contributed by atoms with Gasteiger partial charge in [0.1, 0.15) is 0 Å². The molecule has 0 saturated heterocycles. The van der Waals surface area contributed by atoms with Crippen LogP contribution in [0, 0.1) is 0 Å². The summed E-state index contributed by atoms with van der Waals surface area (Å²) >= 11 is 0. The standard InChI is InChI=1S/C20H19N/c1-21-13-16-5-2-3-7-17(16)18-12-11-15-10-9-14-6-4-8-19(18)20(14)15/h2-8,11-12,21H,9-10,13H2,1H3. The Morgan fingerprint density at radius 1 is 0.810 bits per heavy atom. The van der Waals surface area contributed by atoms with Crippen LogP contribution in [0.1, 0.15) is 16.7 Å². The van der Waals surface area contributed by atoms with E-state index in [1.54, 1.807) is 0 Å². The lowest BCUT2D eigenvalue weighted by Gasteiger charge is -2.13. The van der Waals surface area contributed by atoms with E-state index in [4.69, 9.17) is 0 Å². The number of benzene rings is 3. The zero-order valence-electron chi connectivity index (χ0n) is 12.3. The molecule has 0 aromatic heterocycles. The first-order valence-corrected chi connectivity index (χ1v) is 7.65. The zero-order chi connectivity index (χ0) is 14.2. The quantitative estimate of drug-likeness (QED) is 0.749. The Morgan fingerprint density at radius 3 is 2.48 bits per heavy atom. The van der Waals surface area contributed by atoms with Crippen LogP contribution in [0.4, 0.5) is 0 Å². The molecule has 3 aromatic carbocycles. The van der Waals surface area contributed by atoms with E-state index in [9.17, 15) is 0 Å². The molecule has 0 spiro atoms. The van der Waals surface area contributed by atoms with Gasteiger partial charge in [0.15, 0.2) is 0 Å². The Bertz CT molecular complexity index is 807. The molecule has 0 saturated carbocycles. The minimum atomic E-state index is 0.902. The van der Waals surface area contributed by atoms with Crippen LogP contribution >= 0.6 is 0 Å². The van der Waals surface area contributed by atoms with Gasteiger partial charge in [-0.2, -0.15) is 0 Å². The third-order valence-electron chi connectivity index (χ3n) is 4.55. The number of aryl methyl sites for hydroxylation is 2. The summed E-state index contributed by atoms with van der Waals surface area (Å²) in [4.78, 5) is 0. The fourth-order valence-electron chi connectivity index (χ4n) is 3.61. The van der Waals surface area contributed by atoms with Gasteiger partial charge < -0.3 is 5.32 Å². The lowest BCUT2D eigenvalue weighted by Crippen LogP contribution is -2.06. The minimum absolute atomic E-state index is 0.902. The molecule has 0 heterocycles. The van der Waals surface area contributed by atoms with Crippen LogP contribution in [0.3, 0.4) is 0 Å². The van der Waals surface area contributed by atoms with Crippen LogP contribution in [0.5, 0.6) is 0 Å². The van der Waals surface area contributed by atoms with Crippen LogP contribution in [0.15, 0.2) is 54.6 Å². The average molecular weight is 273 g/mol. The molecule has 1 heteroatoms. The monoisotopic (exact) mass is 273 g/mol. The molecule has 1 aliphatic carbocycles. The van der Waals surface area contributed by atoms with Crippen LogP contribution in [-0.2, 0) is 19.4 Å². The molecule has 0 unspecified atom stereocenters. The SMILES string of the molecule is CNCc1ccccc1-c1ccc2c3c(cccc13)CC2. The maximum Gasteiger partial charge on any atom is 0.0208 e. The van der Waals surface area contributed by atoms with E-state index < -0.39 is 0 Å². The normalized spacial score (nSPS) is 13.0. The molecule has 104 valence electrons. The van der Waals surface area contributed by atoms with Crippen molar-refractivity contribution in [1.29, 1.82) is 0 Å². The molecule has 1 aliphatic rings. The van der Waals surface area contributed by atoms with Gasteiger partial charge in [0.2, 0.25) is 0 Å². The summed E-state index contributed by atoms with van der Waals surface area (Å²) in [5, 5.41) is 6.18. The van der Waals surface area contributed by atoms with Crippen LogP contribution in [-0.4, -0.2) is 7.05 Å². The zero-order valence-corrected chi connectivity index (χ0v) is 12.3. The number of hydrogen-bond donors (Lipinski definition) is 1. The smallest absolute Gasteiger partial charge is 0.0208 e. The number of hydrogen-bond acceptors (Lipinski definition) is 1. The van der Waals surface area contributed by atoms with Gasteiger partial charge >= 0.3 is 0 Å². The van der Waals surface area contributed by atoms with Gasteiger partial charge in [0.05, 0.1) is 0 Å². The van der Waals surface area contributed by atoms with E-state index in [0.29, 0.717) is 0 Å². The summed E-state index contributed by atoms with van der Waals surface area (Å²) in [6.45, 7) is 0.902. The summed E-state index contributed by atoms with van der Waals surface area (Å²) in [7, 11) is 2.00. The Kier molecular flexibility index (Phi) is 3.01. The van der Waals surface area contributed by atoms with Crippen LogP contribution < -0.4 is 5.32 Å². The van der Waals surface area contributed by atoms with Gasteiger partial charge in [-0.05, 0) is 58.5 Å². The molecule has 0 fully saturated rings. The van der Waals surface area contributed by atoms with Crippen molar-refractivity contribution in [3.63, 3.8) is 0 Å². The summed E-state index contributed by atoms with van der Waals surface area (Å²) in [5.41, 5.74) is 7.09. The van der Waals surface area contributed by atoms with Gasteiger partial charge in [-0.25, -0.2) is 0 Å². The highest BCUT2D eigenvalue weighted by atomic mass is 14.8. The van der Waals surface area contributed by atoms with Gasteiger partial charge in [0.25, 0.3) is 0 Å². The molecule has 21 heavy (non-hydrogen) atoms. The van der Waals surface area contributed by atoms with Crippen LogP contribution in [0.25, 0.3) is 21.9 Å². The first kappa shape index (κ1) is 12.6. The predicted molar refractivity (Wildman–Crippen MR) is 89.6 cm³/mol.